The van der Waals surface area contributed by atoms with Crippen LogP contribution in [0.25, 0.3) is 5.69 Å². The van der Waals surface area contributed by atoms with Crippen LogP contribution in [0.3, 0.4) is 0 Å². The van der Waals surface area contributed by atoms with E-state index in [1.165, 1.54) is 0 Å². The van der Waals surface area contributed by atoms with Gasteiger partial charge in [-0.05, 0) is 31.2 Å². The summed E-state index contributed by atoms with van der Waals surface area (Å²) in [4.78, 5) is 16.4. The van der Waals surface area contributed by atoms with Crippen LogP contribution >= 0.6 is 0 Å². The quantitative estimate of drug-likeness (QED) is 0.801. The lowest BCUT2D eigenvalue weighted by molar-refractivity contribution is 0.102. The number of hydrogen-bond donors (Lipinski definition) is 1. The van der Waals surface area contributed by atoms with Crippen molar-refractivity contribution in [1.82, 2.24) is 14.8 Å². The van der Waals surface area contributed by atoms with E-state index in [9.17, 15) is 4.79 Å². The monoisotopic (exact) mass is 278 g/mol. The van der Waals surface area contributed by atoms with Gasteiger partial charge in [-0.25, -0.2) is 9.67 Å². The summed E-state index contributed by atoms with van der Waals surface area (Å²) < 4.78 is 1.74. The molecule has 0 saturated heterocycles. The fourth-order valence-corrected chi connectivity index (χ4v) is 2.08. The Labute approximate surface area is 122 Å². The second-order valence-electron chi connectivity index (χ2n) is 4.56. The van der Waals surface area contributed by atoms with Crippen molar-refractivity contribution in [1.29, 1.82) is 0 Å². The molecule has 1 N–H and O–H groups in total. The number of carbonyl (C=O) groups is 1. The minimum Gasteiger partial charge on any atom is -0.306 e. The molecule has 0 aliphatic carbocycles. The summed E-state index contributed by atoms with van der Waals surface area (Å²) in [6.45, 7) is 1.87. The van der Waals surface area contributed by atoms with E-state index in [2.05, 4.69) is 15.4 Å². The summed E-state index contributed by atoms with van der Waals surface area (Å²) >= 11 is 0. The zero-order valence-electron chi connectivity index (χ0n) is 11.5. The Hall–Kier alpha value is -2.95. The van der Waals surface area contributed by atoms with Crippen molar-refractivity contribution in [2.24, 2.45) is 0 Å². The number of pyridine rings is 1. The van der Waals surface area contributed by atoms with Crippen LogP contribution in [0.5, 0.6) is 0 Å². The van der Waals surface area contributed by atoms with Crippen LogP contribution in [0.1, 0.15) is 16.1 Å². The summed E-state index contributed by atoms with van der Waals surface area (Å²) in [6.07, 6.45) is 3.20. The molecule has 5 heteroatoms. The highest BCUT2D eigenvalue weighted by molar-refractivity contribution is 6.04. The summed E-state index contributed by atoms with van der Waals surface area (Å²) in [5, 5.41) is 7.04. The topological polar surface area (TPSA) is 59.8 Å². The summed E-state index contributed by atoms with van der Waals surface area (Å²) in [7, 11) is 0. The second-order valence-corrected chi connectivity index (χ2v) is 4.56. The third-order valence-electron chi connectivity index (χ3n) is 3.16. The maximum atomic E-state index is 12.3. The van der Waals surface area contributed by atoms with E-state index in [0.29, 0.717) is 11.4 Å². The first kappa shape index (κ1) is 13.1. The number of hydrogen-bond acceptors (Lipinski definition) is 3. The molecule has 0 aliphatic rings. The molecule has 0 aliphatic heterocycles. The average Bonchev–Trinajstić information content (AvgIpc) is 2.91. The van der Waals surface area contributed by atoms with E-state index in [1.54, 1.807) is 29.2 Å². The third kappa shape index (κ3) is 2.67. The summed E-state index contributed by atoms with van der Waals surface area (Å²) in [5.41, 5.74) is 2.24. The lowest BCUT2D eigenvalue weighted by atomic mass is 10.2. The van der Waals surface area contributed by atoms with Crippen LogP contribution in [0.15, 0.2) is 60.9 Å². The van der Waals surface area contributed by atoms with Gasteiger partial charge in [-0.2, -0.15) is 5.10 Å². The molecule has 3 aromatic rings. The standard InChI is InChI=1S/C16H14N4O/c1-12-14(16(21)19-15-9-5-6-10-17-15)11-18-20(12)13-7-3-2-4-8-13/h2-11H,1H3,(H,17,19,21). The Bertz CT molecular complexity index is 750. The summed E-state index contributed by atoms with van der Waals surface area (Å²) in [6, 6.07) is 15.1. The van der Waals surface area contributed by atoms with Gasteiger partial charge in [-0.15, -0.1) is 0 Å². The van der Waals surface area contributed by atoms with Crippen LogP contribution in [0.2, 0.25) is 0 Å². The number of nitrogens with zero attached hydrogens (tertiary/aromatic N) is 3. The predicted molar refractivity (Wildman–Crippen MR) is 80.5 cm³/mol. The molecular formula is C16H14N4O. The molecule has 1 aromatic carbocycles. The van der Waals surface area contributed by atoms with E-state index in [-0.39, 0.29) is 5.91 Å². The first-order chi connectivity index (χ1) is 10.3. The number of rotatable bonds is 3. The number of aromatic nitrogens is 3. The molecule has 0 spiro atoms. The fraction of sp³-hybridized carbons (Fsp3) is 0.0625. The van der Waals surface area contributed by atoms with E-state index in [0.717, 1.165) is 11.4 Å². The Balaban J connectivity index is 1.87. The minimum absolute atomic E-state index is 0.214. The molecule has 21 heavy (non-hydrogen) atoms. The van der Waals surface area contributed by atoms with Crippen LogP contribution in [0, 0.1) is 6.92 Å². The summed E-state index contributed by atoms with van der Waals surface area (Å²) in [5.74, 6) is 0.308. The predicted octanol–water partition coefficient (Wildman–Crippen LogP) is 2.83. The highest BCUT2D eigenvalue weighted by Crippen LogP contribution is 2.15. The number of nitrogens with one attached hydrogen (secondary N) is 1. The van der Waals surface area contributed by atoms with Crippen LogP contribution in [0.4, 0.5) is 5.82 Å². The van der Waals surface area contributed by atoms with Gasteiger partial charge in [-0.1, -0.05) is 24.3 Å². The second kappa shape index (κ2) is 5.58. The van der Waals surface area contributed by atoms with E-state index >= 15 is 0 Å². The zero-order valence-corrected chi connectivity index (χ0v) is 11.5. The van der Waals surface area contributed by atoms with Crippen LogP contribution in [-0.4, -0.2) is 20.7 Å². The maximum absolute atomic E-state index is 12.3. The van der Waals surface area contributed by atoms with Gasteiger partial charge >= 0.3 is 0 Å². The average molecular weight is 278 g/mol. The van der Waals surface area contributed by atoms with Crippen molar-refractivity contribution in [3.63, 3.8) is 0 Å². The molecule has 0 radical (unpaired) electrons. The molecule has 0 fully saturated rings. The van der Waals surface area contributed by atoms with Gasteiger partial charge in [0.1, 0.15) is 5.82 Å². The van der Waals surface area contributed by atoms with Crippen molar-refractivity contribution in [3.8, 4) is 5.69 Å². The first-order valence-corrected chi connectivity index (χ1v) is 6.58. The van der Waals surface area contributed by atoms with Gasteiger partial charge in [0, 0.05) is 6.20 Å². The van der Waals surface area contributed by atoms with Gasteiger partial charge < -0.3 is 5.32 Å². The lowest BCUT2D eigenvalue weighted by Gasteiger charge is -2.06. The highest BCUT2D eigenvalue weighted by Gasteiger charge is 2.15. The van der Waals surface area contributed by atoms with E-state index < -0.39 is 0 Å². The largest absolute Gasteiger partial charge is 0.306 e. The van der Waals surface area contributed by atoms with Crippen molar-refractivity contribution in [3.05, 3.63) is 72.2 Å². The van der Waals surface area contributed by atoms with Crippen molar-refractivity contribution in [2.45, 2.75) is 6.92 Å². The Morgan fingerprint density at radius 2 is 1.86 bits per heavy atom. The van der Waals surface area contributed by atoms with Gasteiger partial charge in [0.25, 0.3) is 5.91 Å². The fourth-order valence-electron chi connectivity index (χ4n) is 2.08. The highest BCUT2D eigenvalue weighted by atomic mass is 16.1. The molecule has 0 unspecified atom stereocenters. The SMILES string of the molecule is Cc1c(C(=O)Nc2ccccn2)cnn1-c1ccccc1. The first-order valence-electron chi connectivity index (χ1n) is 6.58. The smallest absolute Gasteiger partial charge is 0.260 e. The lowest BCUT2D eigenvalue weighted by Crippen LogP contribution is -2.13. The maximum Gasteiger partial charge on any atom is 0.260 e. The van der Waals surface area contributed by atoms with Crippen LogP contribution in [-0.2, 0) is 0 Å². The molecular weight excluding hydrogens is 264 g/mol. The minimum atomic E-state index is -0.214. The van der Waals surface area contributed by atoms with Gasteiger partial charge in [0.15, 0.2) is 0 Å². The molecule has 0 saturated carbocycles. The van der Waals surface area contributed by atoms with Crippen LogP contribution < -0.4 is 5.32 Å². The zero-order chi connectivity index (χ0) is 14.7. The number of carbonyl (C=O) groups excluding carboxylic acids is 1. The van der Waals surface area contributed by atoms with Gasteiger partial charge in [0.2, 0.25) is 0 Å². The van der Waals surface area contributed by atoms with Crippen molar-refractivity contribution >= 4 is 11.7 Å². The van der Waals surface area contributed by atoms with Crippen molar-refractivity contribution in [2.75, 3.05) is 5.32 Å². The molecule has 2 heterocycles. The normalized spacial score (nSPS) is 10.3. The van der Waals surface area contributed by atoms with Crippen molar-refractivity contribution < 1.29 is 4.79 Å². The third-order valence-corrected chi connectivity index (χ3v) is 3.16. The molecule has 5 nitrogen and oxygen atoms in total. The Morgan fingerprint density at radius 3 is 2.57 bits per heavy atom. The molecule has 2 aromatic heterocycles. The molecule has 0 atom stereocenters. The molecule has 104 valence electrons. The number of benzene rings is 1. The number of anilines is 1. The molecule has 1 amide bonds. The van der Waals surface area contributed by atoms with Gasteiger partial charge in [0.05, 0.1) is 23.1 Å². The Morgan fingerprint density at radius 1 is 1.10 bits per heavy atom. The van der Waals surface area contributed by atoms with Gasteiger partial charge in [-0.3, -0.25) is 4.79 Å². The molecule has 0 bridgehead atoms. The number of amides is 1. The molecule has 3 rings (SSSR count). The van der Waals surface area contributed by atoms with E-state index in [4.69, 9.17) is 0 Å². The number of para-hydroxylation sites is 1. The van der Waals surface area contributed by atoms with E-state index in [1.807, 2.05) is 43.3 Å². The Kier molecular flexibility index (Phi) is 3.47.